The van der Waals surface area contributed by atoms with E-state index in [1.54, 1.807) is 5.57 Å². The van der Waals surface area contributed by atoms with E-state index < -0.39 is 0 Å². The molecule has 1 nitrogen and oxygen atoms in total. The predicted octanol–water partition coefficient (Wildman–Crippen LogP) is 2.54. The third-order valence-electron chi connectivity index (χ3n) is 2.08. The first-order chi connectivity index (χ1) is 5.38. The van der Waals surface area contributed by atoms with Gasteiger partial charge >= 0.3 is 0 Å². The molecule has 0 aromatic heterocycles. The van der Waals surface area contributed by atoms with E-state index in [1.165, 1.54) is 13.0 Å². The van der Waals surface area contributed by atoms with Gasteiger partial charge in [-0.1, -0.05) is 32.4 Å². The van der Waals surface area contributed by atoms with Crippen LogP contribution in [0.5, 0.6) is 0 Å². The van der Waals surface area contributed by atoms with E-state index in [0.29, 0.717) is 5.41 Å². The molecular weight excluding hydrogens is 146 g/mol. The lowest BCUT2D eigenvalue weighted by Crippen LogP contribution is -2.16. The molecular formula is C11H21N. The Morgan fingerprint density at radius 1 is 1.33 bits per heavy atom. The summed E-state index contributed by atoms with van der Waals surface area (Å²) in [5.41, 5.74) is 2.13. The normalized spacial score (nSPS) is 22.8. The van der Waals surface area contributed by atoms with Crippen molar-refractivity contribution in [3.8, 4) is 0 Å². The maximum atomic E-state index is 2.41. The Labute approximate surface area is 76.5 Å². The standard InChI is InChI=1S/C11H21N/c1-11(2,3)7-9-6-10(9)8-12(4)5/h6,10H,7-8H2,1-5H3. The molecule has 70 valence electrons. The molecule has 0 aromatic carbocycles. The highest BCUT2D eigenvalue weighted by atomic mass is 15.1. The van der Waals surface area contributed by atoms with Crippen molar-refractivity contribution in [2.24, 2.45) is 11.3 Å². The van der Waals surface area contributed by atoms with Gasteiger partial charge in [-0.3, -0.25) is 0 Å². The first-order valence-electron chi connectivity index (χ1n) is 4.74. The van der Waals surface area contributed by atoms with Crippen molar-refractivity contribution in [1.29, 1.82) is 0 Å². The molecule has 0 N–H and O–H groups in total. The maximum absolute atomic E-state index is 2.41. The summed E-state index contributed by atoms with van der Waals surface area (Å²) in [4.78, 5) is 2.26. The molecule has 0 fully saturated rings. The van der Waals surface area contributed by atoms with Crippen LogP contribution in [0.25, 0.3) is 0 Å². The largest absolute Gasteiger partial charge is 0.308 e. The second kappa shape index (κ2) is 3.21. The first-order valence-corrected chi connectivity index (χ1v) is 4.74. The molecule has 0 spiro atoms. The van der Waals surface area contributed by atoms with E-state index in [2.05, 4.69) is 45.8 Å². The van der Waals surface area contributed by atoms with Gasteiger partial charge in [0, 0.05) is 12.5 Å². The summed E-state index contributed by atoms with van der Waals surface area (Å²) < 4.78 is 0. The molecule has 0 saturated carbocycles. The van der Waals surface area contributed by atoms with Crippen LogP contribution in [0, 0.1) is 11.3 Å². The molecule has 1 heteroatoms. The second-order valence-electron chi connectivity index (χ2n) is 5.35. The van der Waals surface area contributed by atoms with Crippen molar-refractivity contribution in [1.82, 2.24) is 4.90 Å². The minimum absolute atomic E-state index is 0.465. The zero-order valence-corrected chi connectivity index (χ0v) is 9.02. The minimum atomic E-state index is 0.465. The lowest BCUT2D eigenvalue weighted by Gasteiger charge is -2.17. The fourth-order valence-electron chi connectivity index (χ4n) is 1.58. The Morgan fingerprint density at radius 3 is 2.33 bits per heavy atom. The number of rotatable bonds is 3. The molecule has 1 unspecified atom stereocenters. The van der Waals surface area contributed by atoms with Crippen molar-refractivity contribution in [3.05, 3.63) is 11.6 Å². The van der Waals surface area contributed by atoms with Gasteiger partial charge in [0.2, 0.25) is 0 Å². The molecule has 0 heterocycles. The van der Waals surface area contributed by atoms with Crippen LogP contribution in [0.4, 0.5) is 0 Å². The predicted molar refractivity (Wildman–Crippen MR) is 54.2 cm³/mol. The van der Waals surface area contributed by atoms with Gasteiger partial charge in [-0.2, -0.15) is 0 Å². The van der Waals surface area contributed by atoms with Crippen LogP contribution in [0.3, 0.4) is 0 Å². The molecule has 0 radical (unpaired) electrons. The van der Waals surface area contributed by atoms with E-state index in [1.807, 2.05) is 0 Å². The quantitative estimate of drug-likeness (QED) is 0.584. The number of hydrogen-bond acceptors (Lipinski definition) is 1. The molecule has 0 aliphatic heterocycles. The highest BCUT2D eigenvalue weighted by molar-refractivity contribution is 5.30. The fraction of sp³-hybridized carbons (Fsp3) is 0.818. The summed E-state index contributed by atoms with van der Waals surface area (Å²) in [5.74, 6) is 0.791. The van der Waals surface area contributed by atoms with E-state index in [4.69, 9.17) is 0 Å². The second-order valence-corrected chi connectivity index (χ2v) is 5.35. The average Bonchev–Trinajstić information content (AvgIpc) is 2.40. The lowest BCUT2D eigenvalue weighted by molar-refractivity contribution is 0.374. The minimum Gasteiger partial charge on any atom is -0.308 e. The van der Waals surface area contributed by atoms with Gasteiger partial charge in [0.1, 0.15) is 0 Å². The van der Waals surface area contributed by atoms with Gasteiger partial charge in [-0.05, 0) is 25.9 Å². The summed E-state index contributed by atoms with van der Waals surface area (Å²) >= 11 is 0. The van der Waals surface area contributed by atoms with Crippen LogP contribution >= 0.6 is 0 Å². The zero-order chi connectivity index (χ0) is 9.35. The van der Waals surface area contributed by atoms with Gasteiger partial charge in [0.15, 0.2) is 0 Å². The average molecular weight is 167 g/mol. The van der Waals surface area contributed by atoms with E-state index in [0.717, 1.165) is 5.92 Å². The van der Waals surface area contributed by atoms with Crippen LogP contribution in [0.1, 0.15) is 27.2 Å². The van der Waals surface area contributed by atoms with Crippen LogP contribution in [0.15, 0.2) is 11.6 Å². The molecule has 0 aromatic rings. The molecule has 1 aliphatic rings. The van der Waals surface area contributed by atoms with Crippen molar-refractivity contribution in [2.75, 3.05) is 20.6 Å². The molecule has 0 amide bonds. The Hall–Kier alpha value is -0.300. The summed E-state index contributed by atoms with van der Waals surface area (Å²) in [7, 11) is 4.28. The molecule has 0 saturated heterocycles. The first kappa shape index (κ1) is 9.79. The van der Waals surface area contributed by atoms with Crippen LogP contribution in [-0.4, -0.2) is 25.5 Å². The highest BCUT2D eigenvalue weighted by Gasteiger charge is 2.28. The molecule has 1 rings (SSSR count). The summed E-state index contributed by atoms with van der Waals surface area (Å²) in [6.07, 6.45) is 3.68. The van der Waals surface area contributed by atoms with Gasteiger partial charge in [0.25, 0.3) is 0 Å². The fourth-order valence-corrected chi connectivity index (χ4v) is 1.58. The van der Waals surface area contributed by atoms with Crippen LogP contribution in [-0.2, 0) is 0 Å². The van der Waals surface area contributed by atoms with E-state index in [9.17, 15) is 0 Å². The van der Waals surface area contributed by atoms with Gasteiger partial charge < -0.3 is 4.90 Å². The van der Waals surface area contributed by atoms with Crippen molar-refractivity contribution in [3.63, 3.8) is 0 Å². The SMILES string of the molecule is CN(C)CC1C=C1CC(C)(C)C. The zero-order valence-electron chi connectivity index (χ0n) is 9.02. The maximum Gasteiger partial charge on any atom is 0.0107 e. The number of hydrogen-bond donors (Lipinski definition) is 0. The monoisotopic (exact) mass is 167 g/mol. The molecule has 1 atom stereocenters. The van der Waals surface area contributed by atoms with Crippen LogP contribution < -0.4 is 0 Å². The van der Waals surface area contributed by atoms with E-state index >= 15 is 0 Å². The molecule has 1 aliphatic carbocycles. The summed E-state index contributed by atoms with van der Waals surface area (Å²) in [5, 5.41) is 0. The molecule has 0 bridgehead atoms. The molecule has 12 heavy (non-hydrogen) atoms. The van der Waals surface area contributed by atoms with Gasteiger partial charge in [-0.25, -0.2) is 0 Å². The van der Waals surface area contributed by atoms with Crippen molar-refractivity contribution < 1.29 is 0 Å². The highest BCUT2D eigenvalue weighted by Crippen LogP contribution is 2.38. The van der Waals surface area contributed by atoms with Gasteiger partial charge in [-0.15, -0.1) is 0 Å². The Kier molecular flexibility index (Phi) is 2.62. The smallest absolute Gasteiger partial charge is 0.0107 e. The van der Waals surface area contributed by atoms with E-state index in [-0.39, 0.29) is 0 Å². The Morgan fingerprint density at radius 2 is 1.92 bits per heavy atom. The number of nitrogens with zero attached hydrogens (tertiary/aromatic N) is 1. The third kappa shape index (κ3) is 3.40. The Bertz CT molecular complexity index is 184. The third-order valence-corrected chi connectivity index (χ3v) is 2.08. The summed E-state index contributed by atoms with van der Waals surface area (Å²) in [6, 6.07) is 0. The van der Waals surface area contributed by atoms with Gasteiger partial charge in [0.05, 0.1) is 0 Å². The topological polar surface area (TPSA) is 3.24 Å². The Balaban J connectivity index is 2.20. The summed E-state index contributed by atoms with van der Waals surface area (Å²) in [6.45, 7) is 8.11. The lowest BCUT2D eigenvalue weighted by atomic mass is 9.90. The van der Waals surface area contributed by atoms with Crippen molar-refractivity contribution >= 4 is 0 Å². The van der Waals surface area contributed by atoms with Crippen LogP contribution in [0.2, 0.25) is 0 Å². The van der Waals surface area contributed by atoms with Crippen molar-refractivity contribution in [2.45, 2.75) is 27.2 Å².